The Morgan fingerprint density at radius 1 is 1.26 bits per heavy atom. The number of nitrogens with two attached hydrogens (primary N) is 1. The fourth-order valence-corrected chi connectivity index (χ4v) is 3.45. The molecule has 0 bridgehead atoms. The molecule has 2 aromatic heterocycles. The zero-order valence-corrected chi connectivity index (χ0v) is 11.9. The van der Waals surface area contributed by atoms with Gasteiger partial charge >= 0.3 is 0 Å². The van der Waals surface area contributed by atoms with E-state index in [0.717, 1.165) is 11.3 Å². The van der Waals surface area contributed by atoms with E-state index in [0.29, 0.717) is 5.92 Å². The molecule has 1 aliphatic rings. The summed E-state index contributed by atoms with van der Waals surface area (Å²) in [5.74, 6) is 0.618. The largest absolute Gasteiger partial charge is 0.322 e. The summed E-state index contributed by atoms with van der Waals surface area (Å²) in [6.07, 6.45) is 8.65. The molecule has 1 atom stereocenters. The van der Waals surface area contributed by atoms with E-state index in [-0.39, 0.29) is 6.04 Å². The number of hydrogen-bond acceptors (Lipinski definition) is 2. The van der Waals surface area contributed by atoms with Crippen LogP contribution in [0.2, 0.25) is 0 Å². The number of pyridine rings is 1. The molecular formula is C16H23N3. The van der Waals surface area contributed by atoms with Crippen LogP contribution >= 0.6 is 0 Å². The average molecular weight is 257 g/mol. The third-order valence-electron chi connectivity index (χ3n) is 4.54. The number of aryl methyl sites for hydroxylation is 2. The minimum Gasteiger partial charge on any atom is -0.322 e. The molecule has 0 aromatic carbocycles. The Labute approximate surface area is 114 Å². The van der Waals surface area contributed by atoms with Crippen LogP contribution in [0.1, 0.15) is 55.1 Å². The second-order valence-electron chi connectivity index (χ2n) is 5.89. The molecule has 0 saturated heterocycles. The Kier molecular flexibility index (Phi) is 3.31. The Morgan fingerprint density at radius 2 is 2.00 bits per heavy atom. The lowest BCUT2D eigenvalue weighted by Crippen LogP contribution is -2.25. The van der Waals surface area contributed by atoms with E-state index < -0.39 is 0 Å². The maximum Gasteiger partial charge on any atom is 0.140 e. The molecule has 1 aliphatic carbocycles. The molecule has 1 unspecified atom stereocenters. The van der Waals surface area contributed by atoms with Crippen LogP contribution in [-0.4, -0.2) is 9.38 Å². The smallest absolute Gasteiger partial charge is 0.140 e. The van der Waals surface area contributed by atoms with Crippen molar-refractivity contribution in [2.24, 2.45) is 11.7 Å². The molecule has 2 N–H and O–H groups in total. The maximum atomic E-state index is 6.57. The number of aromatic nitrogens is 2. The van der Waals surface area contributed by atoms with E-state index in [2.05, 4.69) is 36.6 Å². The Balaban J connectivity index is 2.03. The maximum absolute atomic E-state index is 6.57. The van der Waals surface area contributed by atoms with Crippen molar-refractivity contribution in [3.8, 4) is 0 Å². The minimum absolute atomic E-state index is 0.122. The molecule has 2 heterocycles. The summed E-state index contributed by atoms with van der Waals surface area (Å²) in [6, 6.07) is 4.32. The van der Waals surface area contributed by atoms with Gasteiger partial charge in [0.05, 0.1) is 17.4 Å². The third-order valence-corrected chi connectivity index (χ3v) is 4.54. The average Bonchev–Trinajstić information content (AvgIpc) is 2.77. The highest BCUT2D eigenvalue weighted by atomic mass is 15.0. The molecular weight excluding hydrogens is 234 g/mol. The van der Waals surface area contributed by atoms with Crippen LogP contribution in [0.15, 0.2) is 18.3 Å². The van der Waals surface area contributed by atoms with Crippen molar-refractivity contribution >= 4 is 5.65 Å². The standard InChI is InChI=1S/C16H23N3/c1-11-7-6-10-19-15(12(2)18-16(11)19)14(17)13-8-4-3-5-9-13/h6-7,10,13-14H,3-5,8-9,17H2,1-2H3. The van der Waals surface area contributed by atoms with Crippen molar-refractivity contribution in [3.63, 3.8) is 0 Å². The predicted molar refractivity (Wildman–Crippen MR) is 78.2 cm³/mol. The second-order valence-corrected chi connectivity index (χ2v) is 5.89. The lowest BCUT2D eigenvalue weighted by atomic mass is 9.83. The normalized spacial score (nSPS) is 18.9. The van der Waals surface area contributed by atoms with Crippen molar-refractivity contribution < 1.29 is 0 Å². The van der Waals surface area contributed by atoms with Gasteiger partial charge in [-0.2, -0.15) is 0 Å². The van der Waals surface area contributed by atoms with Gasteiger partial charge in [-0.1, -0.05) is 25.3 Å². The van der Waals surface area contributed by atoms with Gasteiger partial charge in [-0.05, 0) is 44.2 Å². The summed E-state index contributed by atoms with van der Waals surface area (Å²) in [4.78, 5) is 4.71. The lowest BCUT2D eigenvalue weighted by molar-refractivity contribution is 0.303. The van der Waals surface area contributed by atoms with Gasteiger partial charge in [-0.25, -0.2) is 4.98 Å². The number of imidazole rings is 1. The molecule has 0 amide bonds. The third kappa shape index (κ3) is 2.16. The van der Waals surface area contributed by atoms with Gasteiger partial charge < -0.3 is 10.1 Å². The van der Waals surface area contributed by atoms with E-state index in [1.165, 1.54) is 43.4 Å². The zero-order chi connectivity index (χ0) is 13.4. The summed E-state index contributed by atoms with van der Waals surface area (Å²) in [5, 5.41) is 0. The summed E-state index contributed by atoms with van der Waals surface area (Å²) in [5.41, 5.74) is 11.1. The van der Waals surface area contributed by atoms with Crippen molar-refractivity contribution in [3.05, 3.63) is 35.3 Å². The molecule has 3 heteroatoms. The highest BCUT2D eigenvalue weighted by Crippen LogP contribution is 2.34. The molecule has 102 valence electrons. The highest BCUT2D eigenvalue weighted by Gasteiger charge is 2.26. The quantitative estimate of drug-likeness (QED) is 0.894. The summed E-state index contributed by atoms with van der Waals surface area (Å²) in [7, 11) is 0. The molecule has 1 fully saturated rings. The minimum atomic E-state index is 0.122. The van der Waals surface area contributed by atoms with Crippen LogP contribution in [-0.2, 0) is 0 Å². The van der Waals surface area contributed by atoms with Crippen molar-refractivity contribution in [2.75, 3.05) is 0 Å². The second kappa shape index (κ2) is 4.97. The first-order chi connectivity index (χ1) is 9.18. The van der Waals surface area contributed by atoms with Gasteiger partial charge in [-0.15, -0.1) is 0 Å². The Hall–Kier alpha value is -1.35. The molecule has 3 rings (SSSR count). The Morgan fingerprint density at radius 3 is 2.74 bits per heavy atom. The van der Waals surface area contributed by atoms with Gasteiger partial charge in [0.15, 0.2) is 0 Å². The van der Waals surface area contributed by atoms with Gasteiger partial charge in [-0.3, -0.25) is 0 Å². The number of fused-ring (bicyclic) bond motifs is 1. The first kappa shape index (κ1) is 12.7. The summed E-state index contributed by atoms with van der Waals surface area (Å²) < 4.78 is 2.20. The topological polar surface area (TPSA) is 43.3 Å². The molecule has 0 aliphatic heterocycles. The molecule has 19 heavy (non-hydrogen) atoms. The van der Waals surface area contributed by atoms with E-state index in [1.54, 1.807) is 0 Å². The van der Waals surface area contributed by atoms with E-state index in [4.69, 9.17) is 10.7 Å². The first-order valence-corrected chi connectivity index (χ1v) is 7.38. The van der Waals surface area contributed by atoms with E-state index in [9.17, 15) is 0 Å². The van der Waals surface area contributed by atoms with E-state index >= 15 is 0 Å². The van der Waals surface area contributed by atoms with E-state index in [1.807, 2.05) is 0 Å². The fourth-order valence-electron chi connectivity index (χ4n) is 3.45. The summed E-state index contributed by atoms with van der Waals surface area (Å²) in [6.45, 7) is 4.20. The van der Waals surface area contributed by atoms with Gasteiger partial charge in [0.1, 0.15) is 5.65 Å². The fraction of sp³-hybridized carbons (Fsp3) is 0.562. The molecule has 0 radical (unpaired) electrons. The van der Waals surface area contributed by atoms with Crippen LogP contribution < -0.4 is 5.73 Å². The molecule has 0 spiro atoms. The zero-order valence-electron chi connectivity index (χ0n) is 11.9. The number of hydrogen-bond donors (Lipinski definition) is 1. The summed E-state index contributed by atoms with van der Waals surface area (Å²) >= 11 is 0. The van der Waals surface area contributed by atoms with Crippen LogP contribution in [0.25, 0.3) is 5.65 Å². The van der Waals surface area contributed by atoms with Crippen LogP contribution in [0.5, 0.6) is 0 Å². The lowest BCUT2D eigenvalue weighted by Gasteiger charge is -2.27. The van der Waals surface area contributed by atoms with Crippen LogP contribution in [0, 0.1) is 19.8 Å². The Bertz CT molecular complexity index is 579. The highest BCUT2D eigenvalue weighted by molar-refractivity contribution is 5.50. The first-order valence-electron chi connectivity index (χ1n) is 7.38. The van der Waals surface area contributed by atoms with Gasteiger partial charge in [0.25, 0.3) is 0 Å². The SMILES string of the molecule is Cc1nc2c(C)cccn2c1C(N)C1CCCCC1. The van der Waals surface area contributed by atoms with Crippen molar-refractivity contribution in [2.45, 2.75) is 52.0 Å². The van der Waals surface area contributed by atoms with Crippen LogP contribution in [0.4, 0.5) is 0 Å². The number of rotatable bonds is 2. The monoisotopic (exact) mass is 257 g/mol. The van der Waals surface area contributed by atoms with Gasteiger partial charge in [0, 0.05) is 6.20 Å². The predicted octanol–water partition coefficient (Wildman–Crippen LogP) is 3.53. The molecule has 2 aromatic rings. The number of nitrogens with zero attached hydrogens (tertiary/aromatic N) is 2. The van der Waals surface area contributed by atoms with Crippen molar-refractivity contribution in [1.82, 2.24) is 9.38 Å². The molecule has 1 saturated carbocycles. The van der Waals surface area contributed by atoms with Crippen LogP contribution in [0.3, 0.4) is 0 Å². The van der Waals surface area contributed by atoms with Gasteiger partial charge in [0.2, 0.25) is 0 Å². The molecule has 3 nitrogen and oxygen atoms in total. The van der Waals surface area contributed by atoms with Crippen molar-refractivity contribution in [1.29, 1.82) is 0 Å².